The molecule has 38 heavy (non-hydrogen) atoms. The first-order valence-electron chi connectivity index (χ1n) is 12.9. The fourth-order valence-corrected chi connectivity index (χ4v) is 5.24. The minimum atomic E-state index is -4.12. The maximum absolute atomic E-state index is 14.9. The lowest BCUT2D eigenvalue weighted by Crippen LogP contribution is -2.25. The number of alkyl halides is 2. The third-order valence-electron chi connectivity index (χ3n) is 7.32. The summed E-state index contributed by atoms with van der Waals surface area (Å²) < 4.78 is 104. The van der Waals surface area contributed by atoms with Crippen LogP contribution in [0.1, 0.15) is 73.6 Å². The van der Waals surface area contributed by atoms with E-state index in [1.807, 2.05) is 0 Å². The molecule has 0 spiro atoms. The lowest BCUT2D eigenvalue weighted by molar-refractivity contribution is -0.187. The Labute approximate surface area is 217 Å². The number of ether oxygens (including phenoxy) is 1. The Morgan fingerprint density at radius 3 is 1.95 bits per heavy atom. The van der Waals surface area contributed by atoms with E-state index < -0.39 is 40.8 Å². The van der Waals surface area contributed by atoms with Gasteiger partial charge in [-0.15, -0.1) is 0 Å². The summed E-state index contributed by atoms with van der Waals surface area (Å²) >= 11 is 0. The molecule has 0 bridgehead atoms. The van der Waals surface area contributed by atoms with Gasteiger partial charge >= 0.3 is 6.11 Å². The molecule has 3 aromatic rings. The van der Waals surface area contributed by atoms with Gasteiger partial charge in [-0.3, -0.25) is 0 Å². The molecule has 1 nitrogen and oxygen atoms in total. The topological polar surface area (TPSA) is 9.23 Å². The molecule has 0 radical (unpaired) electrons. The zero-order valence-electron chi connectivity index (χ0n) is 21.0. The van der Waals surface area contributed by atoms with Gasteiger partial charge in [-0.1, -0.05) is 38.0 Å². The van der Waals surface area contributed by atoms with Crippen LogP contribution in [0.2, 0.25) is 0 Å². The van der Waals surface area contributed by atoms with E-state index in [0.29, 0.717) is 30.7 Å². The first kappa shape index (κ1) is 28.0. The average Bonchev–Trinajstić information content (AvgIpc) is 2.89. The lowest BCUT2D eigenvalue weighted by Gasteiger charge is -2.29. The SMILES string of the molecule is CCCC1CCC(c2ccc(C(F)(F)Oc3ccc(CCc4cc(F)c(F)c(F)c4)cc3)c(F)c2F)CC1. The van der Waals surface area contributed by atoms with Gasteiger partial charge in [0.1, 0.15) is 11.3 Å². The molecule has 1 aliphatic rings. The monoisotopic (exact) mass is 538 g/mol. The van der Waals surface area contributed by atoms with Crippen molar-refractivity contribution in [2.75, 3.05) is 0 Å². The summed E-state index contributed by atoms with van der Waals surface area (Å²) in [4.78, 5) is 0. The molecule has 1 fully saturated rings. The molecule has 0 unspecified atom stereocenters. The van der Waals surface area contributed by atoms with Crippen LogP contribution in [0.3, 0.4) is 0 Å². The van der Waals surface area contributed by atoms with E-state index in [9.17, 15) is 30.7 Å². The van der Waals surface area contributed by atoms with Crippen molar-refractivity contribution in [3.05, 3.63) is 99.9 Å². The van der Waals surface area contributed by atoms with E-state index in [1.54, 1.807) is 0 Å². The highest BCUT2D eigenvalue weighted by atomic mass is 19.3. The smallest absolute Gasteiger partial charge is 0.429 e. The molecule has 1 aliphatic carbocycles. The van der Waals surface area contributed by atoms with Crippen LogP contribution in [-0.4, -0.2) is 0 Å². The summed E-state index contributed by atoms with van der Waals surface area (Å²) in [6, 6.07) is 9.34. The van der Waals surface area contributed by atoms with Gasteiger partial charge in [0.25, 0.3) is 0 Å². The van der Waals surface area contributed by atoms with Crippen molar-refractivity contribution in [1.29, 1.82) is 0 Å². The molecule has 0 aliphatic heterocycles. The highest BCUT2D eigenvalue weighted by Crippen LogP contribution is 2.41. The highest BCUT2D eigenvalue weighted by Gasteiger charge is 2.40. The number of hydrogen-bond donors (Lipinski definition) is 0. The van der Waals surface area contributed by atoms with Crippen molar-refractivity contribution in [2.45, 2.75) is 70.3 Å². The minimum absolute atomic E-state index is 0.127. The number of benzene rings is 3. The Bertz CT molecular complexity index is 1230. The van der Waals surface area contributed by atoms with E-state index in [1.165, 1.54) is 30.3 Å². The standard InChI is InChI=1S/C30H29F7O/c1-2-3-18-6-10-21(11-7-18)23-14-15-24(28(34)27(23)33)30(36,37)38-22-12-8-19(9-13-22)4-5-20-16-25(31)29(35)26(32)17-20/h8-9,12-18,21H,2-7,10-11H2,1H3. The van der Waals surface area contributed by atoms with Gasteiger partial charge in [0.15, 0.2) is 29.1 Å². The summed E-state index contributed by atoms with van der Waals surface area (Å²) in [5, 5.41) is 0. The third-order valence-corrected chi connectivity index (χ3v) is 7.32. The Balaban J connectivity index is 1.40. The predicted molar refractivity (Wildman–Crippen MR) is 131 cm³/mol. The molecular formula is C30H29F7O. The summed E-state index contributed by atoms with van der Waals surface area (Å²) in [5.41, 5.74) is -0.172. The molecule has 0 heterocycles. The fraction of sp³-hybridized carbons (Fsp3) is 0.400. The molecular weight excluding hydrogens is 509 g/mol. The van der Waals surface area contributed by atoms with Crippen LogP contribution in [0.4, 0.5) is 30.7 Å². The van der Waals surface area contributed by atoms with Crippen LogP contribution in [0.5, 0.6) is 5.75 Å². The lowest BCUT2D eigenvalue weighted by atomic mass is 9.77. The van der Waals surface area contributed by atoms with Crippen LogP contribution >= 0.6 is 0 Å². The minimum Gasteiger partial charge on any atom is -0.429 e. The second kappa shape index (κ2) is 11.8. The van der Waals surface area contributed by atoms with Crippen LogP contribution in [-0.2, 0) is 19.0 Å². The van der Waals surface area contributed by atoms with Gasteiger partial charge in [-0.25, -0.2) is 22.0 Å². The normalized spacial score (nSPS) is 18.0. The molecule has 8 heteroatoms. The van der Waals surface area contributed by atoms with Gasteiger partial charge < -0.3 is 4.74 Å². The number of halogens is 7. The van der Waals surface area contributed by atoms with Crippen molar-refractivity contribution in [1.82, 2.24) is 0 Å². The van der Waals surface area contributed by atoms with Crippen LogP contribution in [0.25, 0.3) is 0 Å². The average molecular weight is 539 g/mol. The van der Waals surface area contributed by atoms with Crippen LogP contribution in [0.15, 0.2) is 48.5 Å². The maximum atomic E-state index is 14.9. The number of aryl methyl sites for hydroxylation is 2. The summed E-state index contributed by atoms with van der Waals surface area (Å²) in [5.74, 6) is -6.89. The second-order valence-corrected chi connectivity index (χ2v) is 9.97. The Morgan fingerprint density at radius 1 is 0.737 bits per heavy atom. The van der Waals surface area contributed by atoms with Gasteiger partial charge in [-0.2, -0.15) is 8.78 Å². The Hall–Kier alpha value is -3.03. The van der Waals surface area contributed by atoms with Crippen molar-refractivity contribution in [3.8, 4) is 5.75 Å². The zero-order chi connectivity index (χ0) is 27.4. The van der Waals surface area contributed by atoms with Crippen molar-refractivity contribution in [3.63, 3.8) is 0 Å². The van der Waals surface area contributed by atoms with Gasteiger partial charge in [0.05, 0.1) is 0 Å². The third kappa shape index (κ3) is 6.33. The van der Waals surface area contributed by atoms with E-state index in [4.69, 9.17) is 4.74 Å². The summed E-state index contributed by atoms with van der Waals surface area (Å²) in [6.45, 7) is 2.11. The van der Waals surface area contributed by atoms with Crippen molar-refractivity contribution in [2.24, 2.45) is 5.92 Å². The highest BCUT2D eigenvalue weighted by molar-refractivity contribution is 5.33. The van der Waals surface area contributed by atoms with Crippen molar-refractivity contribution < 1.29 is 35.5 Å². The molecule has 0 amide bonds. The second-order valence-electron chi connectivity index (χ2n) is 9.97. The van der Waals surface area contributed by atoms with Crippen molar-refractivity contribution >= 4 is 0 Å². The van der Waals surface area contributed by atoms with E-state index in [-0.39, 0.29) is 29.2 Å². The van der Waals surface area contributed by atoms with Gasteiger partial charge in [0, 0.05) is 0 Å². The van der Waals surface area contributed by atoms with Gasteiger partial charge in [0.2, 0.25) is 0 Å². The molecule has 3 aromatic carbocycles. The van der Waals surface area contributed by atoms with E-state index in [0.717, 1.165) is 43.9 Å². The maximum Gasteiger partial charge on any atom is 0.429 e. The zero-order valence-corrected chi connectivity index (χ0v) is 21.0. The first-order valence-corrected chi connectivity index (χ1v) is 12.9. The molecule has 4 rings (SSSR count). The fourth-order valence-electron chi connectivity index (χ4n) is 5.24. The largest absolute Gasteiger partial charge is 0.429 e. The first-order chi connectivity index (χ1) is 18.1. The molecule has 0 atom stereocenters. The van der Waals surface area contributed by atoms with E-state index in [2.05, 4.69) is 6.92 Å². The summed E-state index contributed by atoms with van der Waals surface area (Å²) in [7, 11) is 0. The molecule has 1 saturated carbocycles. The Morgan fingerprint density at radius 2 is 1.34 bits per heavy atom. The van der Waals surface area contributed by atoms with E-state index >= 15 is 0 Å². The Kier molecular flexibility index (Phi) is 8.68. The molecule has 0 N–H and O–H groups in total. The summed E-state index contributed by atoms with van der Waals surface area (Å²) in [6.07, 6.45) is 1.75. The van der Waals surface area contributed by atoms with Crippen LogP contribution in [0, 0.1) is 35.0 Å². The molecule has 0 saturated heterocycles. The number of rotatable bonds is 9. The van der Waals surface area contributed by atoms with Gasteiger partial charge in [-0.05, 0) is 97.4 Å². The number of hydrogen-bond acceptors (Lipinski definition) is 1. The molecule has 0 aromatic heterocycles. The molecule has 204 valence electrons. The predicted octanol–water partition coefficient (Wildman–Crippen LogP) is 9.37. The van der Waals surface area contributed by atoms with Crippen LogP contribution < -0.4 is 4.74 Å². The quantitative estimate of drug-likeness (QED) is 0.195.